The van der Waals surface area contributed by atoms with E-state index in [0.29, 0.717) is 11.6 Å². The van der Waals surface area contributed by atoms with Gasteiger partial charge in [0.25, 0.3) is 5.91 Å². The van der Waals surface area contributed by atoms with Crippen LogP contribution in [-0.4, -0.2) is 16.9 Å². The van der Waals surface area contributed by atoms with E-state index in [1.165, 1.54) is 12.8 Å². The maximum absolute atomic E-state index is 11.6. The molecular formula is C11H14N2O. The molecule has 1 amide bonds. The summed E-state index contributed by atoms with van der Waals surface area (Å²) in [6.45, 7) is 2.05. The highest BCUT2D eigenvalue weighted by atomic mass is 16.1. The van der Waals surface area contributed by atoms with Crippen LogP contribution in [0, 0.1) is 5.92 Å². The summed E-state index contributed by atoms with van der Waals surface area (Å²) in [7, 11) is 0. The molecule has 1 aromatic heterocycles. The van der Waals surface area contributed by atoms with Crippen LogP contribution in [0.2, 0.25) is 0 Å². The first-order chi connectivity index (χ1) is 6.77. The molecule has 0 bridgehead atoms. The van der Waals surface area contributed by atoms with Crippen molar-refractivity contribution in [1.29, 1.82) is 0 Å². The van der Waals surface area contributed by atoms with Crippen LogP contribution in [0.15, 0.2) is 24.4 Å². The number of nitrogens with zero attached hydrogens (tertiary/aromatic N) is 1. The normalized spacial score (nSPS) is 17.5. The molecule has 3 nitrogen and oxygen atoms in total. The van der Waals surface area contributed by atoms with Gasteiger partial charge in [0.15, 0.2) is 0 Å². The summed E-state index contributed by atoms with van der Waals surface area (Å²) < 4.78 is 0. The van der Waals surface area contributed by atoms with Crippen molar-refractivity contribution in [2.45, 2.75) is 25.8 Å². The van der Waals surface area contributed by atoms with Crippen molar-refractivity contribution in [3.63, 3.8) is 0 Å². The lowest BCUT2D eigenvalue weighted by Crippen LogP contribution is -2.34. The Morgan fingerprint density at radius 1 is 1.57 bits per heavy atom. The molecule has 2 rings (SSSR count). The number of pyridine rings is 1. The first kappa shape index (κ1) is 9.19. The quantitative estimate of drug-likeness (QED) is 0.786. The molecule has 0 radical (unpaired) electrons. The van der Waals surface area contributed by atoms with Gasteiger partial charge in [-0.05, 0) is 37.8 Å². The van der Waals surface area contributed by atoms with Crippen molar-refractivity contribution < 1.29 is 4.79 Å². The van der Waals surface area contributed by atoms with E-state index in [0.717, 1.165) is 0 Å². The Morgan fingerprint density at radius 3 is 2.93 bits per heavy atom. The summed E-state index contributed by atoms with van der Waals surface area (Å²) in [6, 6.07) is 5.64. The average Bonchev–Trinajstić information content (AvgIpc) is 3.02. The minimum absolute atomic E-state index is 0.0648. The van der Waals surface area contributed by atoms with Crippen LogP contribution in [0.1, 0.15) is 30.3 Å². The smallest absolute Gasteiger partial charge is 0.270 e. The monoisotopic (exact) mass is 190 g/mol. The second-order valence-electron chi connectivity index (χ2n) is 3.81. The molecule has 0 aromatic carbocycles. The van der Waals surface area contributed by atoms with Gasteiger partial charge in [-0.1, -0.05) is 6.07 Å². The van der Waals surface area contributed by atoms with Crippen molar-refractivity contribution in [2.24, 2.45) is 5.92 Å². The van der Waals surface area contributed by atoms with E-state index >= 15 is 0 Å². The standard InChI is InChI=1S/C11H14N2O/c1-8(9-5-6-9)13-11(14)10-4-2-3-7-12-10/h2-4,7-9H,5-6H2,1H3,(H,13,14)/t8-/m1/s1. The van der Waals surface area contributed by atoms with Crippen LogP contribution in [0.3, 0.4) is 0 Å². The fourth-order valence-corrected chi connectivity index (χ4v) is 1.49. The van der Waals surface area contributed by atoms with Crippen molar-refractivity contribution in [3.05, 3.63) is 30.1 Å². The van der Waals surface area contributed by atoms with Gasteiger partial charge in [-0.15, -0.1) is 0 Å². The van der Waals surface area contributed by atoms with E-state index in [1.807, 2.05) is 6.07 Å². The molecule has 0 saturated heterocycles. The van der Waals surface area contributed by atoms with E-state index in [1.54, 1.807) is 18.3 Å². The lowest BCUT2D eigenvalue weighted by Gasteiger charge is -2.11. The van der Waals surface area contributed by atoms with E-state index in [-0.39, 0.29) is 11.9 Å². The van der Waals surface area contributed by atoms with Gasteiger partial charge < -0.3 is 5.32 Å². The maximum Gasteiger partial charge on any atom is 0.270 e. The molecule has 74 valence electrons. The minimum atomic E-state index is -0.0648. The molecule has 1 aliphatic rings. The number of carbonyl (C=O) groups is 1. The Bertz CT molecular complexity index is 319. The van der Waals surface area contributed by atoms with Gasteiger partial charge in [-0.3, -0.25) is 9.78 Å². The van der Waals surface area contributed by atoms with Crippen LogP contribution in [0.4, 0.5) is 0 Å². The van der Waals surface area contributed by atoms with Crippen LogP contribution >= 0.6 is 0 Å². The molecule has 3 heteroatoms. The van der Waals surface area contributed by atoms with Gasteiger partial charge >= 0.3 is 0 Å². The fraction of sp³-hybridized carbons (Fsp3) is 0.455. The zero-order valence-corrected chi connectivity index (χ0v) is 8.23. The summed E-state index contributed by atoms with van der Waals surface area (Å²) in [6.07, 6.45) is 4.12. The largest absolute Gasteiger partial charge is 0.348 e. The van der Waals surface area contributed by atoms with Crippen molar-refractivity contribution in [2.75, 3.05) is 0 Å². The molecule has 1 fully saturated rings. The topological polar surface area (TPSA) is 42.0 Å². The Morgan fingerprint density at radius 2 is 2.36 bits per heavy atom. The lowest BCUT2D eigenvalue weighted by atomic mass is 10.2. The van der Waals surface area contributed by atoms with Gasteiger partial charge in [0, 0.05) is 12.2 Å². The number of hydrogen-bond donors (Lipinski definition) is 1. The van der Waals surface area contributed by atoms with Gasteiger partial charge in [0.1, 0.15) is 5.69 Å². The molecule has 1 aliphatic carbocycles. The van der Waals surface area contributed by atoms with Crippen LogP contribution in [0.25, 0.3) is 0 Å². The highest BCUT2D eigenvalue weighted by Crippen LogP contribution is 2.32. The highest BCUT2D eigenvalue weighted by Gasteiger charge is 2.29. The summed E-state index contributed by atoms with van der Waals surface area (Å²) in [4.78, 5) is 15.6. The predicted molar refractivity (Wildman–Crippen MR) is 53.9 cm³/mol. The summed E-state index contributed by atoms with van der Waals surface area (Å²) in [5.41, 5.74) is 0.500. The van der Waals surface area contributed by atoms with Crippen LogP contribution in [-0.2, 0) is 0 Å². The molecular weight excluding hydrogens is 176 g/mol. The Balaban J connectivity index is 1.95. The SMILES string of the molecule is C[C@@H](NC(=O)c1ccccn1)C1CC1. The summed E-state index contributed by atoms with van der Waals surface area (Å²) in [5, 5.41) is 2.96. The second kappa shape index (κ2) is 3.78. The molecule has 0 unspecified atom stereocenters. The molecule has 1 heterocycles. The van der Waals surface area contributed by atoms with E-state index in [9.17, 15) is 4.79 Å². The van der Waals surface area contributed by atoms with E-state index < -0.39 is 0 Å². The molecule has 14 heavy (non-hydrogen) atoms. The third-order valence-corrected chi connectivity index (χ3v) is 2.59. The summed E-state index contributed by atoms with van der Waals surface area (Å²) >= 11 is 0. The number of nitrogens with one attached hydrogen (secondary N) is 1. The average molecular weight is 190 g/mol. The molecule has 0 aliphatic heterocycles. The van der Waals surface area contributed by atoms with Crippen molar-refractivity contribution in [1.82, 2.24) is 10.3 Å². The molecule has 1 atom stereocenters. The molecule has 1 aromatic rings. The highest BCUT2D eigenvalue weighted by molar-refractivity contribution is 5.92. The second-order valence-corrected chi connectivity index (χ2v) is 3.81. The first-order valence-corrected chi connectivity index (χ1v) is 4.99. The van der Waals surface area contributed by atoms with Gasteiger partial charge in [-0.25, -0.2) is 0 Å². The van der Waals surface area contributed by atoms with Gasteiger partial charge in [0.2, 0.25) is 0 Å². The van der Waals surface area contributed by atoms with Crippen molar-refractivity contribution >= 4 is 5.91 Å². The third-order valence-electron chi connectivity index (χ3n) is 2.59. The zero-order valence-electron chi connectivity index (χ0n) is 8.23. The molecule has 1 N–H and O–H groups in total. The maximum atomic E-state index is 11.6. The summed E-state index contributed by atoms with van der Waals surface area (Å²) in [5.74, 6) is 0.618. The minimum Gasteiger partial charge on any atom is -0.348 e. The third kappa shape index (κ3) is 2.10. The van der Waals surface area contributed by atoms with Crippen LogP contribution < -0.4 is 5.32 Å². The van der Waals surface area contributed by atoms with Gasteiger partial charge in [-0.2, -0.15) is 0 Å². The number of carbonyl (C=O) groups excluding carboxylic acids is 1. The van der Waals surface area contributed by atoms with Crippen molar-refractivity contribution in [3.8, 4) is 0 Å². The molecule has 1 saturated carbocycles. The molecule has 0 spiro atoms. The fourth-order valence-electron chi connectivity index (χ4n) is 1.49. The Hall–Kier alpha value is -1.38. The first-order valence-electron chi connectivity index (χ1n) is 4.99. The van der Waals surface area contributed by atoms with E-state index in [4.69, 9.17) is 0 Å². The number of aromatic nitrogens is 1. The Kier molecular flexibility index (Phi) is 2.48. The Labute approximate surface area is 83.5 Å². The van der Waals surface area contributed by atoms with E-state index in [2.05, 4.69) is 17.2 Å². The number of hydrogen-bond acceptors (Lipinski definition) is 2. The number of rotatable bonds is 3. The van der Waals surface area contributed by atoms with Gasteiger partial charge in [0.05, 0.1) is 0 Å². The zero-order chi connectivity index (χ0) is 9.97. The lowest BCUT2D eigenvalue weighted by molar-refractivity contribution is 0.0931. The number of amides is 1. The predicted octanol–water partition coefficient (Wildman–Crippen LogP) is 1.61. The van der Waals surface area contributed by atoms with Crippen LogP contribution in [0.5, 0.6) is 0 Å².